The lowest BCUT2D eigenvalue weighted by atomic mass is 9.95. The Morgan fingerprint density at radius 3 is 2.31 bits per heavy atom. The molecule has 1 heterocycles. The molecule has 172 valence electrons. The highest BCUT2D eigenvalue weighted by Gasteiger charge is 2.32. The van der Waals surface area contributed by atoms with Crippen LogP contribution in [0.25, 0.3) is 0 Å². The molecule has 1 aliphatic heterocycles. The third-order valence-electron chi connectivity index (χ3n) is 5.60. The molecule has 0 aromatic heterocycles. The van der Waals surface area contributed by atoms with Crippen LogP contribution in [0.5, 0.6) is 0 Å². The average Bonchev–Trinajstić information content (AvgIpc) is 2.79. The van der Waals surface area contributed by atoms with Crippen LogP contribution >= 0.6 is 0 Å². The summed E-state index contributed by atoms with van der Waals surface area (Å²) in [4.78, 5) is 24.7. The van der Waals surface area contributed by atoms with Crippen molar-refractivity contribution in [1.82, 2.24) is 9.62 Å². The molecule has 7 nitrogen and oxygen atoms in total. The Bertz CT molecular complexity index is 1020. The molecule has 9 heteroatoms. The van der Waals surface area contributed by atoms with E-state index in [0.717, 1.165) is 5.56 Å². The Balaban J connectivity index is 1.60. The second kappa shape index (κ2) is 10.7. The second-order valence-electron chi connectivity index (χ2n) is 7.81. The van der Waals surface area contributed by atoms with Gasteiger partial charge in [0.2, 0.25) is 15.9 Å². The topological polar surface area (TPSA) is 92.8 Å². The van der Waals surface area contributed by atoms with Crippen LogP contribution < -0.4 is 5.32 Å². The van der Waals surface area contributed by atoms with Gasteiger partial charge >= 0.3 is 5.97 Å². The molecule has 1 aliphatic rings. The molecule has 1 saturated heterocycles. The summed E-state index contributed by atoms with van der Waals surface area (Å²) in [6.07, 6.45) is 0.681. The monoisotopic (exact) mass is 462 g/mol. The number of amides is 1. The number of sulfonamides is 1. The minimum absolute atomic E-state index is 0.0729. The molecule has 1 amide bonds. The van der Waals surface area contributed by atoms with Crippen molar-refractivity contribution >= 4 is 21.9 Å². The summed E-state index contributed by atoms with van der Waals surface area (Å²) in [7, 11) is -2.21. The maximum Gasteiger partial charge on any atom is 0.307 e. The second-order valence-corrected chi connectivity index (χ2v) is 9.78. The lowest BCUT2D eigenvalue weighted by Crippen LogP contribution is -2.44. The Kier molecular flexibility index (Phi) is 7.98. The van der Waals surface area contributed by atoms with Crippen LogP contribution in [0.4, 0.5) is 4.39 Å². The summed E-state index contributed by atoms with van der Waals surface area (Å²) in [6, 6.07) is 13.9. The summed E-state index contributed by atoms with van der Waals surface area (Å²) < 4.78 is 44.9. The standard InChI is InChI=1S/C23H27FN2O5S/c1-31-22(27)15-21(18-7-9-20(24)10-8-18)25-23(28)19-11-13-26(14-12-19)32(29,30)16-17-5-3-2-4-6-17/h2-10,19,21H,11-16H2,1H3,(H,25,28). The van der Waals surface area contributed by atoms with Crippen LogP contribution in [0, 0.1) is 11.7 Å². The molecule has 3 rings (SSSR count). The highest BCUT2D eigenvalue weighted by Crippen LogP contribution is 2.24. The summed E-state index contributed by atoms with van der Waals surface area (Å²) in [5, 5.41) is 2.85. The molecule has 1 N–H and O–H groups in total. The fourth-order valence-electron chi connectivity index (χ4n) is 3.76. The molecule has 0 bridgehead atoms. The molecule has 1 atom stereocenters. The van der Waals surface area contributed by atoms with Gasteiger partial charge in [0.15, 0.2) is 0 Å². The van der Waals surface area contributed by atoms with E-state index in [0.29, 0.717) is 18.4 Å². The Labute approximate surface area is 187 Å². The van der Waals surface area contributed by atoms with Gasteiger partial charge in [-0.2, -0.15) is 0 Å². The molecule has 1 unspecified atom stereocenters. The van der Waals surface area contributed by atoms with E-state index in [2.05, 4.69) is 5.32 Å². The smallest absolute Gasteiger partial charge is 0.307 e. The van der Waals surface area contributed by atoms with E-state index >= 15 is 0 Å². The van der Waals surface area contributed by atoms with Gasteiger partial charge in [0.05, 0.1) is 25.3 Å². The maximum atomic E-state index is 13.3. The first kappa shape index (κ1) is 23.9. The van der Waals surface area contributed by atoms with Gasteiger partial charge in [0, 0.05) is 19.0 Å². The highest BCUT2D eigenvalue weighted by molar-refractivity contribution is 7.88. The van der Waals surface area contributed by atoms with Gasteiger partial charge in [-0.1, -0.05) is 42.5 Å². The molecule has 0 spiro atoms. The average molecular weight is 463 g/mol. The van der Waals surface area contributed by atoms with E-state index in [4.69, 9.17) is 4.74 Å². The first-order valence-electron chi connectivity index (χ1n) is 10.4. The SMILES string of the molecule is COC(=O)CC(NC(=O)C1CCN(S(=O)(=O)Cc2ccccc2)CC1)c1ccc(F)cc1. The van der Waals surface area contributed by atoms with Gasteiger partial charge in [-0.25, -0.2) is 17.1 Å². The van der Waals surface area contributed by atoms with Crippen molar-refractivity contribution in [2.45, 2.75) is 31.1 Å². The number of nitrogens with one attached hydrogen (secondary N) is 1. The lowest BCUT2D eigenvalue weighted by Gasteiger charge is -2.31. The normalized spacial score (nSPS) is 16.3. The molecule has 0 saturated carbocycles. The first-order chi connectivity index (χ1) is 15.3. The zero-order chi connectivity index (χ0) is 23.1. The molecule has 2 aromatic carbocycles. The van der Waals surface area contributed by atoms with Crippen LogP contribution in [0.1, 0.15) is 36.4 Å². The van der Waals surface area contributed by atoms with E-state index < -0.39 is 27.9 Å². The predicted octanol–water partition coefficient (Wildman–Crippen LogP) is 2.79. The van der Waals surface area contributed by atoms with Crippen LogP contribution in [-0.4, -0.2) is 44.8 Å². The zero-order valence-electron chi connectivity index (χ0n) is 17.9. The van der Waals surface area contributed by atoms with Crippen molar-refractivity contribution in [3.8, 4) is 0 Å². The molecule has 2 aromatic rings. The number of carbonyl (C=O) groups is 2. The quantitative estimate of drug-likeness (QED) is 0.609. The van der Waals surface area contributed by atoms with E-state index in [9.17, 15) is 22.4 Å². The van der Waals surface area contributed by atoms with Crippen molar-refractivity contribution in [3.63, 3.8) is 0 Å². The fraction of sp³-hybridized carbons (Fsp3) is 0.391. The number of halogens is 1. The highest BCUT2D eigenvalue weighted by atomic mass is 32.2. The molecular formula is C23H27FN2O5S. The number of rotatable bonds is 8. The van der Waals surface area contributed by atoms with Gasteiger partial charge < -0.3 is 10.1 Å². The Morgan fingerprint density at radius 1 is 1.09 bits per heavy atom. The number of piperidine rings is 1. The number of benzene rings is 2. The Hall–Kier alpha value is -2.78. The Morgan fingerprint density at radius 2 is 1.72 bits per heavy atom. The predicted molar refractivity (Wildman–Crippen MR) is 117 cm³/mol. The first-order valence-corrected chi connectivity index (χ1v) is 12.0. The largest absolute Gasteiger partial charge is 0.469 e. The van der Waals surface area contributed by atoms with Crippen LogP contribution in [0.3, 0.4) is 0 Å². The van der Waals surface area contributed by atoms with Gasteiger partial charge in [0.1, 0.15) is 5.82 Å². The minimum atomic E-state index is -3.47. The van der Waals surface area contributed by atoms with Gasteiger partial charge in [-0.3, -0.25) is 9.59 Å². The van der Waals surface area contributed by atoms with Crippen molar-refractivity contribution < 1.29 is 27.1 Å². The van der Waals surface area contributed by atoms with Gasteiger partial charge in [-0.05, 0) is 36.1 Å². The van der Waals surface area contributed by atoms with Crippen LogP contribution in [-0.2, 0) is 30.1 Å². The number of ether oxygens (including phenoxy) is 1. The van der Waals surface area contributed by atoms with Crippen molar-refractivity contribution in [3.05, 3.63) is 71.5 Å². The third kappa shape index (κ3) is 6.37. The number of hydrogen-bond acceptors (Lipinski definition) is 5. The summed E-state index contributed by atoms with van der Waals surface area (Å²) in [5.41, 5.74) is 1.31. The summed E-state index contributed by atoms with van der Waals surface area (Å²) >= 11 is 0. The molecule has 32 heavy (non-hydrogen) atoms. The van der Waals surface area contributed by atoms with E-state index in [1.165, 1.54) is 35.7 Å². The molecular weight excluding hydrogens is 435 g/mol. The number of hydrogen-bond donors (Lipinski definition) is 1. The van der Waals surface area contributed by atoms with Crippen molar-refractivity contribution in [2.24, 2.45) is 5.92 Å². The van der Waals surface area contributed by atoms with Crippen LogP contribution in [0.2, 0.25) is 0 Å². The number of carbonyl (C=O) groups excluding carboxylic acids is 2. The fourth-order valence-corrected chi connectivity index (χ4v) is 5.32. The maximum absolute atomic E-state index is 13.3. The third-order valence-corrected chi connectivity index (χ3v) is 7.45. The number of nitrogens with zero attached hydrogens (tertiary/aromatic N) is 1. The van der Waals surface area contributed by atoms with Gasteiger partial charge in [-0.15, -0.1) is 0 Å². The zero-order valence-corrected chi connectivity index (χ0v) is 18.7. The molecule has 1 fully saturated rings. The molecule has 0 aliphatic carbocycles. The van der Waals surface area contributed by atoms with Crippen LogP contribution in [0.15, 0.2) is 54.6 Å². The van der Waals surface area contributed by atoms with Gasteiger partial charge in [0.25, 0.3) is 0 Å². The summed E-state index contributed by atoms with van der Waals surface area (Å²) in [5.74, 6) is -1.62. The van der Waals surface area contributed by atoms with E-state index in [1.807, 2.05) is 6.07 Å². The number of methoxy groups -OCH3 is 1. The number of esters is 1. The minimum Gasteiger partial charge on any atom is -0.469 e. The van der Waals surface area contributed by atoms with Crippen molar-refractivity contribution in [1.29, 1.82) is 0 Å². The lowest BCUT2D eigenvalue weighted by molar-refractivity contribution is -0.141. The molecule has 0 radical (unpaired) electrons. The van der Waals surface area contributed by atoms with Crippen molar-refractivity contribution in [2.75, 3.05) is 20.2 Å². The van der Waals surface area contributed by atoms with E-state index in [1.54, 1.807) is 24.3 Å². The summed E-state index contributed by atoms with van der Waals surface area (Å²) in [6.45, 7) is 0.511. The van der Waals surface area contributed by atoms with E-state index in [-0.39, 0.29) is 37.1 Å².